The third-order valence-electron chi connectivity index (χ3n) is 2.91. The van der Waals surface area contributed by atoms with Crippen molar-refractivity contribution in [1.29, 1.82) is 0 Å². The molecular formula is C20H19Cl. The summed E-state index contributed by atoms with van der Waals surface area (Å²) < 4.78 is 0. The van der Waals surface area contributed by atoms with Gasteiger partial charge in [-0.15, -0.1) is 0 Å². The second kappa shape index (κ2) is 8.08. The molecule has 0 saturated heterocycles. The van der Waals surface area contributed by atoms with E-state index in [1.807, 2.05) is 36.4 Å². The molecule has 0 nitrogen and oxygen atoms in total. The molecule has 0 bridgehead atoms. The van der Waals surface area contributed by atoms with Gasteiger partial charge in [-0.1, -0.05) is 93.1 Å². The predicted molar refractivity (Wildman–Crippen MR) is 96.2 cm³/mol. The van der Waals surface area contributed by atoms with Crippen molar-refractivity contribution >= 4 is 17.2 Å². The maximum absolute atomic E-state index is 5.73. The minimum Gasteiger partial charge on any atom is -0.0990 e. The van der Waals surface area contributed by atoms with Crippen LogP contribution in [0.1, 0.15) is 5.56 Å². The fraction of sp³-hybridized carbons (Fsp3) is 0. The van der Waals surface area contributed by atoms with E-state index in [1.54, 1.807) is 18.2 Å². The standard InChI is InChI=1S/C20H19Cl/c1-6-10-20(17(4)15(2)13-14-16(3)21)18(5)19-11-8-7-9-12-19/h6-14H,1-5H2/b14-13-,20-10+. The van der Waals surface area contributed by atoms with Crippen LogP contribution >= 0.6 is 11.6 Å². The molecule has 0 aliphatic carbocycles. The lowest BCUT2D eigenvalue weighted by Gasteiger charge is -2.14. The SMILES string of the molecule is C=C/C=C(\C(=C)C(=C)/C=C\C(=C)Cl)C(=C)c1ccccc1. The molecule has 0 atom stereocenters. The van der Waals surface area contributed by atoms with Crippen LogP contribution in [0.4, 0.5) is 0 Å². The molecule has 21 heavy (non-hydrogen) atoms. The molecule has 0 aromatic heterocycles. The first-order chi connectivity index (χ1) is 9.97. The third-order valence-corrected chi connectivity index (χ3v) is 3.04. The lowest BCUT2D eigenvalue weighted by molar-refractivity contribution is 1.48. The van der Waals surface area contributed by atoms with Crippen molar-refractivity contribution in [2.24, 2.45) is 0 Å². The van der Waals surface area contributed by atoms with Crippen LogP contribution in [0.2, 0.25) is 0 Å². The molecule has 1 aromatic rings. The highest BCUT2D eigenvalue weighted by Crippen LogP contribution is 2.30. The Morgan fingerprint density at radius 2 is 1.57 bits per heavy atom. The van der Waals surface area contributed by atoms with Gasteiger partial charge < -0.3 is 0 Å². The minimum absolute atomic E-state index is 0.445. The van der Waals surface area contributed by atoms with E-state index < -0.39 is 0 Å². The maximum Gasteiger partial charge on any atom is 0.0334 e. The molecule has 0 radical (unpaired) electrons. The molecule has 0 unspecified atom stereocenters. The van der Waals surface area contributed by atoms with E-state index in [-0.39, 0.29) is 0 Å². The minimum atomic E-state index is 0.445. The lowest BCUT2D eigenvalue weighted by atomic mass is 9.90. The Balaban J connectivity index is 3.08. The van der Waals surface area contributed by atoms with Crippen molar-refractivity contribution in [2.45, 2.75) is 0 Å². The van der Waals surface area contributed by atoms with E-state index in [0.717, 1.165) is 27.9 Å². The zero-order valence-corrected chi connectivity index (χ0v) is 12.9. The number of rotatable bonds is 7. The highest BCUT2D eigenvalue weighted by atomic mass is 35.5. The Morgan fingerprint density at radius 1 is 0.952 bits per heavy atom. The van der Waals surface area contributed by atoms with Gasteiger partial charge in [0.05, 0.1) is 0 Å². The molecule has 0 N–H and O–H groups in total. The summed E-state index contributed by atoms with van der Waals surface area (Å²) in [6.07, 6.45) is 7.07. The number of allylic oxidation sites excluding steroid dienone is 9. The molecule has 0 spiro atoms. The van der Waals surface area contributed by atoms with E-state index >= 15 is 0 Å². The molecule has 0 fully saturated rings. The topological polar surface area (TPSA) is 0 Å². The summed E-state index contributed by atoms with van der Waals surface area (Å²) in [5.74, 6) is 0. The normalized spacial score (nSPS) is 11.2. The van der Waals surface area contributed by atoms with Crippen molar-refractivity contribution in [2.75, 3.05) is 0 Å². The maximum atomic E-state index is 5.73. The first-order valence-corrected chi connectivity index (χ1v) is 6.83. The van der Waals surface area contributed by atoms with Crippen molar-refractivity contribution in [1.82, 2.24) is 0 Å². The van der Waals surface area contributed by atoms with Gasteiger partial charge in [0.1, 0.15) is 0 Å². The second-order valence-electron chi connectivity index (χ2n) is 4.44. The van der Waals surface area contributed by atoms with E-state index in [1.165, 1.54) is 0 Å². The fourth-order valence-corrected chi connectivity index (χ4v) is 1.82. The predicted octanol–water partition coefficient (Wildman–Crippen LogP) is 6.23. The van der Waals surface area contributed by atoms with Crippen molar-refractivity contribution in [3.63, 3.8) is 0 Å². The molecule has 1 aromatic carbocycles. The quantitative estimate of drug-likeness (QED) is 0.523. The molecule has 0 aliphatic rings. The number of hydrogen-bond acceptors (Lipinski definition) is 0. The molecule has 0 aliphatic heterocycles. The highest BCUT2D eigenvalue weighted by molar-refractivity contribution is 6.30. The van der Waals surface area contributed by atoms with Crippen LogP contribution in [0.15, 0.2) is 109 Å². The van der Waals surface area contributed by atoms with Crippen molar-refractivity contribution < 1.29 is 0 Å². The summed E-state index contributed by atoms with van der Waals surface area (Å²) in [6, 6.07) is 9.93. The summed E-state index contributed by atoms with van der Waals surface area (Å²) in [5.41, 5.74) is 4.33. The average Bonchev–Trinajstić information content (AvgIpc) is 2.49. The molecule has 0 amide bonds. The lowest BCUT2D eigenvalue weighted by Crippen LogP contribution is -1.94. The molecule has 106 valence electrons. The van der Waals surface area contributed by atoms with Crippen LogP contribution in [-0.4, -0.2) is 0 Å². The Kier molecular flexibility index (Phi) is 6.45. The molecule has 0 heterocycles. The number of halogens is 1. The highest BCUT2D eigenvalue weighted by Gasteiger charge is 2.10. The molecule has 0 saturated carbocycles. The zero-order chi connectivity index (χ0) is 15.8. The van der Waals surface area contributed by atoms with Crippen molar-refractivity contribution in [3.8, 4) is 0 Å². The van der Waals surface area contributed by atoms with Gasteiger partial charge in [-0.05, 0) is 33.9 Å². The number of benzene rings is 1. The van der Waals surface area contributed by atoms with Gasteiger partial charge >= 0.3 is 0 Å². The Morgan fingerprint density at radius 3 is 2.10 bits per heavy atom. The summed E-state index contributed by atoms with van der Waals surface area (Å²) >= 11 is 5.73. The van der Waals surface area contributed by atoms with Crippen LogP contribution in [0.3, 0.4) is 0 Å². The van der Waals surface area contributed by atoms with Gasteiger partial charge in [-0.2, -0.15) is 0 Å². The van der Waals surface area contributed by atoms with Crippen LogP contribution in [0.5, 0.6) is 0 Å². The largest absolute Gasteiger partial charge is 0.0990 e. The van der Waals surface area contributed by atoms with E-state index in [4.69, 9.17) is 11.6 Å². The third kappa shape index (κ3) is 4.94. The van der Waals surface area contributed by atoms with E-state index in [2.05, 4.69) is 32.9 Å². The van der Waals surface area contributed by atoms with Gasteiger partial charge in [0.25, 0.3) is 0 Å². The second-order valence-corrected chi connectivity index (χ2v) is 4.93. The summed E-state index contributed by atoms with van der Waals surface area (Å²) in [7, 11) is 0. The van der Waals surface area contributed by atoms with E-state index in [9.17, 15) is 0 Å². The van der Waals surface area contributed by atoms with Gasteiger partial charge in [0, 0.05) is 5.03 Å². The molecule has 1 rings (SSSR count). The fourth-order valence-electron chi connectivity index (χ4n) is 1.76. The van der Waals surface area contributed by atoms with Gasteiger partial charge in [-0.25, -0.2) is 0 Å². The van der Waals surface area contributed by atoms with Crippen LogP contribution in [-0.2, 0) is 0 Å². The average molecular weight is 295 g/mol. The first-order valence-electron chi connectivity index (χ1n) is 6.45. The van der Waals surface area contributed by atoms with Crippen LogP contribution < -0.4 is 0 Å². The van der Waals surface area contributed by atoms with Gasteiger partial charge in [0.15, 0.2) is 0 Å². The van der Waals surface area contributed by atoms with Crippen LogP contribution in [0.25, 0.3) is 5.57 Å². The summed E-state index contributed by atoms with van der Waals surface area (Å²) in [5, 5.41) is 0.445. The Hall–Kier alpha value is -2.31. The Bertz CT molecular complexity index is 640. The number of hydrogen-bond donors (Lipinski definition) is 0. The molecule has 1 heteroatoms. The summed E-state index contributed by atoms with van der Waals surface area (Å²) in [6.45, 7) is 19.6. The van der Waals surface area contributed by atoms with Crippen molar-refractivity contribution in [3.05, 3.63) is 115 Å². The zero-order valence-electron chi connectivity index (χ0n) is 12.1. The van der Waals surface area contributed by atoms with E-state index in [0.29, 0.717) is 5.03 Å². The van der Waals surface area contributed by atoms with Gasteiger partial charge in [0.2, 0.25) is 0 Å². The summed E-state index contributed by atoms with van der Waals surface area (Å²) in [4.78, 5) is 0. The van der Waals surface area contributed by atoms with Gasteiger partial charge in [-0.3, -0.25) is 0 Å². The Labute approximate surface area is 132 Å². The smallest absolute Gasteiger partial charge is 0.0334 e. The van der Waals surface area contributed by atoms with Crippen LogP contribution in [0, 0.1) is 0 Å². The monoisotopic (exact) mass is 294 g/mol. The first kappa shape index (κ1) is 16.7. The molecular weight excluding hydrogens is 276 g/mol.